The average Bonchev–Trinajstić information content (AvgIpc) is 3.08. The van der Waals surface area contributed by atoms with Gasteiger partial charge in [-0.25, -0.2) is 4.98 Å². The smallest absolute Gasteiger partial charge is 0.234 e. The van der Waals surface area contributed by atoms with Crippen molar-refractivity contribution in [2.24, 2.45) is 0 Å². The Morgan fingerprint density at radius 3 is 2.64 bits per heavy atom. The molecule has 0 radical (unpaired) electrons. The molecule has 3 rings (SSSR count). The SMILES string of the molecule is COCCn1c(SCC(=O)Nc2ccc(OC)c(OC)c2)nc2ccccc21. The lowest BCUT2D eigenvalue weighted by atomic mass is 10.2. The summed E-state index contributed by atoms with van der Waals surface area (Å²) in [6, 6.07) is 13.2. The third kappa shape index (κ3) is 4.58. The molecule has 7 nitrogen and oxygen atoms in total. The number of amides is 1. The number of imidazole rings is 1. The summed E-state index contributed by atoms with van der Waals surface area (Å²) < 4.78 is 17.8. The number of fused-ring (bicyclic) bond motifs is 1. The van der Waals surface area contributed by atoms with Crippen LogP contribution in [0.3, 0.4) is 0 Å². The normalized spacial score (nSPS) is 10.8. The number of hydrogen-bond acceptors (Lipinski definition) is 6. The fraction of sp³-hybridized carbons (Fsp3) is 0.300. The van der Waals surface area contributed by atoms with E-state index >= 15 is 0 Å². The van der Waals surface area contributed by atoms with Gasteiger partial charge in [0.05, 0.1) is 37.6 Å². The lowest BCUT2D eigenvalue weighted by Gasteiger charge is -2.11. The molecular formula is C20H23N3O4S. The number of thioether (sulfide) groups is 1. The number of ether oxygens (including phenoxy) is 3. The first-order valence-corrected chi connectivity index (χ1v) is 9.73. The minimum atomic E-state index is -0.123. The standard InChI is InChI=1S/C20H23N3O4S/c1-25-11-10-23-16-7-5-4-6-15(16)22-20(23)28-13-19(24)21-14-8-9-17(26-2)18(12-14)27-3/h4-9,12H,10-11,13H2,1-3H3,(H,21,24). The number of aromatic nitrogens is 2. The maximum Gasteiger partial charge on any atom is 0.234 e. The van der Waals surface area contributed by atoms with Crippen molar-refractivity contribution in [1.82, 2.24) is 9.55 Å². The highest BCUT2D eigenvalue weighted by molar-refractivity contribution is 7.99. The first-order chi connectivity index (χ1) is 13.7. The predicted octanol–water partition coefficient (Wildman–Crippen LogP) is 3.43. The highest BCUT2D eigenvalue weighted by atomic mass is 32.2. The van der Waals surface area contributed by atoms with Crippen LogP contribution in [0.4, 0.5) is 5.69 Å². The summed E-state index contributed by atoms with van der Waals surface area (Å²) in [5, 5.41) is 3.67. The number of anilines is 1. The fourth-order valence-corrected chi connectivity index (χ4v) is 3.64. The van der Waals surface area contributed by atoms with E-state index in [4.69, 9.17) is 14.2 Å². The Bertz CT molecular complexity index is 958. The number of carbonyl (C=O) groups excluding carboxylic acids is 1. The molecule has 1 heterocycles. The molecule has 3 aromatic rings. The minimum absolute atomic E-state index is 0.123. The van der Waals surface area contributed by atoms with E-state index in [1.54, 1.807) is 39.5 Å². The van der Waals surface area contributed by atoms with Crippen molar-refractivity contribution in [3.05, 3.63) is 42.5 Å². The molecule has 0 aliphatic carbocycles. The largest absolute Gasteiger partial charge is 0.493 e. The van der Waals surface area contributed by atoms with Crippen molar-refractivity contribution >= 4 is 34.4 Å². The zero-order valence-electron chi connectivity index (χ0n) is 16.1. The van der Waals surface area contributed by atoms with Crippen molar-refractivity contribution in [1.29, 1.82) is 0 Å². The summed E-state index contributed by atoms with van der Waals surface area (Å²) >= 11 is 1.40. The topological polar surface area (TPSA) is 74.6 Å². The molecule has 0 aliphatic rings. The molecule has 1 N–H and O–H groups in total. The molecule has 0 atom stereocenters. The quantitative estimate of drug-likeness (QED) is 0.554. The van der Waals surface area contributed by atoms with Gasteiger partial charge in [0.25, 0.3) is 0 Å². The second-order valence-corrected chi connectivity index (χ2v) is 6.88. The molecule has 0 saturated heterocycles. The maximum absolute atomic E-state index is 12.4. The number of rotatable bonds is 9. The molecule has 8 heteroatoms. The number of carbonyl (C=O) groups is 1. The number of nitrogens with one attached hydrogen (secondary N) is 1. The molecule has 0 fully saturated rings. The van der Waals surface area contributed by atoms with Gasteiger partial charge in [-0.1, -0.05) is 23.9 Å². The molecular weight excluding hydrogens is 378 g/mol. The second-order valence-electron chi connectivity index (χ2n) is 5.93. The highest BCUT2D eigenvalue weighted by Gasteiger charge is 2.13. The van der Waals surface area contributed by atoms with Gasteiger partial charge in [0.15, 0.2) is 16.7 Å². The maximum atomic E-state index is 12.4. The van der Waals surface area contributed by atoms with Crippen molar-refractivity contribution in [2.45, 2.75) is 11.7 Å². The Balaban J connectivity index is 1.69. The van der Waals surface area contributed by atoms with E-state index in [1.165, 1.54) is 11.8 Å². The number of benzene rings is 2. The van der Waals surface area contributed by atoms with E-state index in [0.717, 1.165) is 16.2 Å². The van der Waals surface area contributed by atoms with Crippen LogP contribution in [-0.2, 0) is 16.1 Å². The van der Waals surface area contributed by atoms with Crippen molar-refractivity contribution in [2.75, 3.05) is 39.0 Å². The number of nitrogens with zero attached hydrogens (tertiary/aromatic N) is 2. The van der Waals surface area contributed by atoms with Crippen LogP contribution in [0.1, 0.15) is 0 Å². The monoisotopic (exact) mass is 401 g/mol. The Labute approximate surface area is 168 Å². The van der Waals surface area contributed by atoms with Crippen LogP contribution in [0.15, 0.2) is 47.6 Å². The van der Waals surface area contributed by atoms with Crippen molar-refractivity contribution < 1.29 is 19.0 Å². The van der Waals surface area contributed by atoms with Gasteiger partial charge in [0.1, 0.15) is 0 Å². The first kappa shape index (κ1) is 20.0. The molecule has 2 aromatic carbocycles. The lowest BCUT2D eigenvalue weighted by Crippen LogP contribution is -2.15. The summed E-state index contributed by atoms with van der Waals surface area (Å²) in [6.45, 7) is 1.25. The van der Waals surface area contributed by atoms with Gasteiger partial charge in [-0.3, -0.25) is 4.79 Å². The highest BCUT2D eigenvalue weighted by Crippen LogP contribution is 2.30. The third-order valence-electron chi connectivity index (χ3n) is 4.14. The number of hydrogen-bond donors (Lipinski definition) is 1. The summed E-state index contributed by atoms with van der Waals surface area (Å²) in [6.07, 6.45) is 0. The van der Waals surface area contributed by atoms with Crippen LogP contribution in [0, 0.1) is 0 Å². The van der Waals surface area contributed by atoms with Crippen LogP contribution >= 0.6 is 11.8 Å². The number of methoxy groups -OCH3 is 3. The molecule has 0 aliphatic heterocycles. The van der Waals surface area contributed by atoms with Crippen LogP contribution in [0.5, 0.6) is 11.5 Å². The second kappa shape index (κ2) is 9.48. The van der Waals surface area contributed by atoms with Crippen LogP contribution < -0.4 is 14.8 Å². The van der Waals surface area contributed by atoms with Crippen LogP contribution in [-0.4, -0.2) is 49.1 Å². The van der Waals surface area contributed by atoms with Crippen LogP contribution in [0.2, 0.25) is 0 Å². The zero-order valence-corrected chi connectivity index (χ0v) is 16.9. The third-order valence-corrected chi connectivity index (χ3v) is 5.11. The minimum Gasteiger partial charge on any atom is -0.493 e. The summed E-state index contributed by atoms with van der Waals surface area (Å²) in [5.74, 6) is 1.29. The summed E-state index contributed by atoms with van der Waals surface area (Å²) in [5.41, 5.74) is 2.58. The fourth-order valence-electron chi connectivity index (χ4n) is 2.80. The Morgan fingerprint density at radius 1 is 1.11 bits per heavy atom. The Hall–Kier alpha value is -2.71. The summed E-state index contributed by atoms with van der Waals surface area (Å²) in [7, 11) is 4.80. The van der Waals surface area contributed by atoms with Gasteiger partial charge < -0.3 is 24.1 Å². The van der Waals surface area contributed by atoms with E-state index < -0.39 is 0 Å². The molecule has 1 amide bonds. The molecule has 28 heavy (non-hydrogen) atoms. The first-order valence-electron chi connectivity index (χ1n) is 8.75. The number of para-hydroxylation sites is 2. The van der Waals surface area contributed by atoms with E-state index in [1.807, 2.05) is 24.3 Å². The Kier molecular flexibility index (Phi) is 6.78. The van der Waals surface area contributed by atoms with Crippen LogP contribution in [0.25, 0.3) is 11.0 Å². The van der Waals surface area contributed by atoms with Gasteiger partial charge in [-0.2, -0.15) is 0 Å². The van der Waals surface area contributed by atoms with Crippen molar-refractivity contribution in [3.8, 4) is 11.5 Å². The van der Waals surface area contributed by atoms with E-state index in [9.17, 15) is 4.79 Å². The lowest BCUT2D eigenvalue weighted by molar-refractivity contribution is -0.113. The molecule has 148 valence electrons. The van der Waals surface area contributed by atoms with Gasteiger partial charge in [0, 0.05) is 25.4 Å². The van der Waals surface area contributed by atoms with Gasteiger partial charge in [-0.05, 0) is 24.3 Å². The average molecular weight is 401 g/mol. The van der Waals surface area contributed by atoms with E-state index in [-0.39, 0.29) is 11.7 Å². The molecule has 1 aromatic heterocycles. The van der Waals surface area contributed by atoms with Gasteiger partial charge in [-0.15, -0.1) is 0 Å². The van der Waals surface area contributed by atoms with Gasteiger partial charge in [0.2, 0.25) is 5.91 Å². The van der Waals surface area contributed by atoms with E-state index in [2.05, 4.69) is 14.9 Å². The summed E-state index contributed by atoms with van der Waals surface area (Å²) in [4.78, 5) is 17.1. The molecule has 0 spiro atoms. The molecule has 0 bridgehead atoms. The molecule has 0 saturated carbocycles. The zero-order chi connectivity index (χ0) is 19.9. The van der Waals surface area contributed by atoms with Crippen molar-refractivity contribution in [3.63, 3.8) is 0 Å². The predicted molar refractivity (Wildman–Crippen MR) is 111 cm³/mol. The van der Waals surface area contributed by atoms with Gasteiger partial charge >= 0.3 is 0 Å². The molecule has 0 unspecified atom stereocenters. The Morgan fingerprint density at radius 2 is 1.89 bits per heavy atom. The van der Waals surface area contributed by atoms with E-state index in [0.29, 0.717) is 30.3 Å².